The summed E-state index contributed by atoms with van der Waals surface area (Å²) >= 11 is 3.67. The topological polar surface area (TPSA) is 101 Å². The quantitative estimate of drug-likeness (QED) is 0.286. The Morgan fingerprint density at radius 3 is 2.77 bits per heavy atom. The number of quaternary nitrogens is 1. The van der Waals surface area contributed by atoms with E-state index in [0.717, 1.165) is 41.7 Å². The zero-order valence-corrected chi connectivity index (χ0v) is 24.2. The van der Waals surface area contributed by atoms with E-state index in [9.17, 15) is 18.7 Å². The lowest BCUT2D eigenvalue weighted by Crippen LogP contribution is -3.00. The van der Waals surface area contributed by atoms with Gasteiger partial charge in [0.2, 0.25) is 5.91 Å². The van der Waals surface area contributed by atoms with Crippen LogP contribution in [-0.4, -0.2) is 49.5 Å². The van der Waals surface area contributed by atoms with Gasteiger partial charge >= 0.3 is 0 Å². The maximum atomic E-state index is 14.1. The third kappa shape index (κ3) is 7.05. The van der Waals surface area contributed by atoms with Crippen molar-refractivity contribution in [1.29, 1.82) is 0 Å². The minimum absolute atomic E-state index is 0. The molecule has 39 heavy (non-hydrogen) atoms. The van der Waals surface area contributed by atoms with Gasteiger partial charge in [0.25, 0.3) is 0 Å². The van der Waals surface area contributed by atoms with Crippen LogP contribution in [0.1, 0.15) is 48.1 Å². The van der Waals surface area contributed by atoms with Crippen molar-refractivity contribution in [3.05, 3.63) is 74.9 Å². The number of methoxy groups -OCH3 is 1. The lowest BCUT2D eigenvalue weighted by Gasteiger charge is -2.38. The predicted molar refractivity (Wildman–Crippen MR) is 141 cm³/mol. The summed E-state index contributed by atoms with van der Waals surface area (Å²) in [6.45, 7) is 3.74. The molecule has 4 rings (SSSR count). The monoisotopic (exact) mass is 627 g/mol. The number of nitrogens with one attached hydrogen (secondary N) is 1. The molecule has 0 spiro atoms. The lowest BCUT2D eigenvalue weighted by molar-refractivity contribution is -0.672. The standard InChI is InChI=1S/C28H32BrF2N3O4.ClH/c1-17(35)33-11-9-19-14-18(4-3-13-37-2)5-7-21(19)27-25(29)26(34-38-27)22-16-32-12-10-28(22,36)20-6-8-23(30)24(31)15-20;/h5-8,14-15,22,32,36H,3-4,9-13,16H2,1-2H3,(H,33,35);1H/t22-,28+;/m1./s1. The predicted octanol–water partition coefficient (Wildman–Crippen LogP) is 0.582. The van der Waals surface area contributed by atoms with Crippen molar-refractivity contribution in [2.24, 2.45) is 0 Å². The summed E-state index contributed by atoms with van der Waals surface area (Å²) in [7, 11) is 1.68. The molecule has 11 heteroatoms. The highest BCUT2D eigenvalue weighted by Gasteiger charge is 2.46. The van der Waals surface area contributed by atoms with Crippen LogP contribution in [0.2, 0.25) is 0 Å². The molecule has 7 nitrogen and oxygen atoms in total. The summed E-state index contributed by atoms with van der Waals surface area (Å²) in [4.78, 5) is 11.4. The molecule has 1 aliphatic heterocycles. The van der Waals surface area contributed by atoms with Gasteiger partial charge in [0, 0.05) is 39.2 Å². The lowest BCUT2D eigenvalue weighted by atomic mass is 9.75. The van der Waals surface area contributed by atoms with Gasteiger partial charge in [-0.2, -0.15) is 0 Å². The molecule has 2 aromatic carbocycles. The molecule has 4 N–H and O–H groups in total. The Labute approximate surface area is 241 Å². The van der Waals surface area contributed by atoms with E-state index in [4.69, 9.17) is 9.26 Å². The van der Waals surface area contributed by atoms with Crippen molar-refractivity contribution in [1.82, 2.24) is 10.5 Å². The fourth-order valence-corrected chi connectivity index (χ4v) is 5.76. The molecule has 1 fully saturated rings. The third-order valence-electron chi connectivity index (χ3n) is 7.11. The van der Waals surface area contributed by atoms with Crippen molar-refractivity contribution in [3.63, 3.8) is 0 Å². The maximum Gasteiger partial charge on any atom is 0.216 e. The number of piperidine rings is 1. The second kappa shape index (κ2) is 13.8. The summed E-state index contributed by atoms with van der Waals surface area (Å²) < 4.78 is 39.3. The first-order valence-electron chi connectivity index (χ1n) is 12.7. The normalized spacial score (nSPS) is 19.0. The summed E-state index contributed by atoms with van der Waals surface area (Å²) in [5.74, 6) is -2.07. The molecule has 1 aromatic heterocycles. The van der Waals surface area contributed by atoms with E-state index in [1.165, 1.54) is 13.0 Å². The first-order chi connectivity index (χ1) is 18.2. The molecule has 0 bridgehead atoms. The molecular weight excluding hydrogens is 596 g/mol. The molecule has 0 saturated carbocycles. The van der Waals surface area contributed by atoms with Gasteiger partial charge in [0.05, 0.1) is 23.5 Å². The number of rotatable bonds is 10. The van der Waals surface area contributed by atoms with E-state index in [1.807, 2.05) is 12.1 Å². The number of aryl methyl sites for hydroxylation is 1. The van der Waals surface area contributed by atoms with E-state index in [2.05, 4.69) is 37.8 Å². The smallest absolute Gasteiger partial charge is 0.216 e. The molecule has 212 valence electrons. The van der Waals surface area contributed by atoms with Gasteiger partial charge in [0.15, 0.2) is 17.4 Å². The Kier molecular flexibility index (Phi) is 11.0. The second-order valence-electron chi connectivity index (χ2n) is 9.70. The number of carbonyl (C=O) groups is 1. The highest BCUT2D eigenvalue weighted by atomic mass is 79.9. The van der Waals surface area contributed by atoms with Gasteiger partial charge in [0.1, 0.15) is 11.3 Å². The first kappa shape index (κ1) is 31.2. The molecule has 0 aliphatic carbocycles. The van der Waals surface area contributed by atoms with Crippen LogP contribution in [0.25, 0.3) is 11.3 Å². The molecule has 1 amide bonds. The van der Waals surface area contributed by atoms with Crippen LogP contribution in [0.4, 0.5) is 8.78 Å². The second-order valence-corrected chi connectivity index (χ2v) is 10.5. The number of nitrogens with zero attached hydrogens (tertiary/aromatic N) is 1. The third-order valence-corrected chi connectivity index (χ3v) is 7.88. The summed E-state index contributed by atoms with van der Waals surface area (Å²) in [5.41, 5.74) is 2.34. The molecule has 1 saturated heterocycles. The number of halogens is 4. The zero-order chi connectivity index (χ0) is 27.3. The summed E-state index contributed by atoms with van der Waals surface area (Å²) in [6.07, 6.45) is 2.67. The molecule has 1 aliphatic rings. The average molecular weight is 629 g/mol. The minimum Gasteiger partial charge on any atom is -1.00 e. The Morgan fingerprint density at radius 2 is 2.05 bits per heavy atom. The number of carbonyl (C=O) groups excluding carboxylic acids is 1. The molecule has 0 radical (unpaired) electrons. The van der Waals surface area contributed by atoms with Gasteiger partial charge in [-0.05, 0) is 64.0 Å². The Morgan fingerprint density at radius 1 is 1.26 bits per heavy atom. The Bertz CT molecular complexity index is 1290. The fraction of sp³-hybridized carbons (Fsp3) is 0.429. The number of amides is 1. The van der Waals surface area contributed by atoms with E-state index in [0.29, 0.717) is 60.6 Å². The molecule has 2 atom stereocenters. The van der Waals surface area contributed by atoms with Gasteiger partial charge in [-0.25, -0.2) is 8.78 Å². The van der Waals surface area contributed by atoms with Gasteiger partial charge in [-0.1, -0.05) is 29.4 Å². The Hall–Kier alpha value is -2.37. The average Bonchev–Trinajstić information content (AvgIpc) is 3.26. The van der Waals surface area contributed by atoms with Gasteiger partial charge in [-0.15, -0.1) is 0 Å². The number of hydrogen-bond acceptors (Lipinski definition) is 5. The first-order valence-corrected chi connectivity index (χ1v) is 13.5. The largest absolute Gasteiger partial charge is 1.00 e. The van der Waals surface area contributed by atoms with Crippen LogP contribution >= 0.6 is 15.9 Å². The molecule has 0 unspecified atom stereocenters. The van der Waals surface area contributed by atoms with Crippen LogP contribution in [0.15, 0.2) is 45.4 Å². The number of ether oxygens (including phenoxy) is 1. The van der Waals surface area contributed by atoms with E-state index in [-0.39, 0.29) is 18.3 Å². The minimum atomic E-state index is -1.45. The van der Waals surface area contributed by atoms with Crippen molar-refractivity contribution < 1.29 is 45.7 Å². The number of aliphatic hydroxyl groups is 1. The van der Waals surface area contributed by atoms with Crippen LogP contribution < -0.4 is 23.0 Å². The number of benzene rings is 2. The van der Waals surface area contributed by atoms with Crippen LogP contribution in [0, 0.1) is 11.6 Å². The fourth-order valence-electron chi connectivity index (χ4n) is 5.12. The van der Waals surface area contributed by atoms with Crippen molar-refractivity contribution in [2.75, 3.05) is 33.4 Å². The van der Waals surface area contributed by atoms with Crippen molar-refractivity contribution >= 4 is 21.8 Å². The summed E-state index contributed by atoms with van der Waals surface area (Å²) in [6, 6.07) is 9.64. The van der Waals surface area contributed by atoms with Crippen molar-refractivity contribution in [3.8, 4) is 11.3 Å². The highest BCUT2D eigenvalue weighted by molar-refractivity contribution is 9.10. The maximum absolute atomic E-state index is 14.1. The molecule has 3 aromatic rings. The van der Waals surface area contributed by atoms with Crippen molar-refractivity contribution in [2.45, 2.75) is 44.1 Å². The highest BCUT2D eigenvalue weighted by Crippen LogP contribution is 2.45. The SMILES string of the molecule is COCCCc1ccc(-c2onc([C@H]3C[NH2+]CC[C@]3(O)c3ccc(F)c(F)c3)c2Br)c(CCNC(C)=O)c1.[Cl-]. The van der Waals surface area contributed by atoms with Crippen LogP contribution in [0.5, 0.6) is 0 Å². The summed E-state index contributed by atoms with van der Waals surface area (Å²) in [5, 5.41) is 21.0. The number of nitrogens with two attached hydrogens (primary N) is 1. The van der Waals surface area contributed by atoms with Crippen LogP contribution in [-0.2, 0) is 28.0 Å². The van der Waals surface area contributed by atoms with Gasteiger partial charge in [-0.3, -0.25) is 4.79 Å². The molecule has 2 heterocycles. The number of aromatic nitrogens is 1. The van der Waals surface area contributed by atoms with Gasteiger partial charge < -0.3 is 37.4 Å². The van der Waals surface area contributed by atoms with E-state index < -0.39 is 23.2 Å². The van der Waals surface area contributed by atoms with Crippen LogP contribution in [0.3, 0.4) is 0 Å². The number of hydrogen-bond donors (Lipinski definition) is 3. The van der Waals surface area contributed by atoms with E-state index >= 15 is 0 Å². The Balaban J connectivity index is 0.00000420. The zero-order valence-electron chi connectivity index (χ0n) is 21.9. The molecular formula is C28H33BrClF2N3O4. The van der Waals surface area contributed by atoms with E-state index in [1.54, 1.807) is 7.11 Å².